The molecule has 158 valence electrons. The van der Waals surface area contributed by atoms with Crippen LogP contribution in [0.3, 0.4) is 0 Å². The Morgan fingerprint density at radius 2 is 2.17 bits per heavy atom. The van der Waals surface area contributed by atoms with Gasteiger partial charge in [0.05, 0.1) is 5.69 Å². The van der Waals surface area contributed by atoms with Gasteiger partial charge in [0.25, 0.3) is 0 Å². The normalized spacial score (nSPS) is 10.9. The topological polar surface area (TPSA) is 110 Å². The third kappa shape index (κ3) is 5.28. The molecule has 30 heavy (non-hydrogen) atoms. The van der Waals surface area contributed by atoms with Crippen molar-refractivity contribution < 1.29 is 14.1 Å². The number of hydrogen-bond donors (Lipinski definition) is 1. The van der Waals surface area contributed by atoms with Crippen molar-refractivity contribution in [3.05, 3.63) is 64.0 Å². The molecule has 3 rings (SSSR count). The van der Waals surface area contributed by atoms with E-state index in [0.29, 0.717) is 36.6 Å². The van der Waals surface area contributed by atoms with Crippen molar-refractivity contribution in [2.24, 2.45) is 0 Å². The van der Waals surface area contributed by atoms with Crippen LogP contribution in [0, 0.1) is 22.9 Å². The lowest BCUT2D eigenvalue weighted by atomic mass is 10.1. The number of hydrogen-bond acceptors (Lipinski definition) is 5. The Kier molecular flexibility index (Phi) is 6.55. The summed E-state index contributed by atoms with van der Waals surface area (Å²) in [7, 11) is 1.73. The van der Waals surface area contributed by atoms with Crippen LogP contribution in [-0.2, 0) is 17.8 Å². The first-order valence-electron chi connectivity index (χ1n) is 9.56. The molecule has 0 unspecified atom stereocenters. The van der Waals surface area contributed by atoms with Crippen molar-refractivity contribution >= 4 is 11.7 Å². The van der Waals surface area contributed by atoms with E-state index in [9.17, 15) is 19.3 Å². The van der Waals surface area contributed by atoms with E-state index < -0.39 is 4.92 Å². The first kappa shape index (κ1) is 21.2. The molecule has 0 aliphatic carbocycles. The second-order valence-electron chi connectivity index (χ2n) is 7.05. The fourth-order valence-corrected chi connectivity index (χ4v) is 3.13. The molecular weight excluding hydrogens is 391 g/mol. The summed E-state index contributed by atoms with van der Waals surface area (Å²) in [6.45, 7) is 2.58. The summed E-state index contributed by atoms with van der Waals surface area (Å²) in [4.78, 5) is 28.1. The molecule has 2 aromatic heterocycles. The number of H-pyrrole nitrogens is 1. The number of rotatable bonds is 9. The molecule has 0 aliphatic rings. The summed E-state index contributed by atoms with van der Waals surface area (Å²) in [6, 6.07) is 8.14. The highest BCUT2D eigenvalue weighted by molar-refractivity contribution is 5.75. The molecule has 0 saturated heterocycles. The minimum Gasteiger partial charge on any atom is -0.358 e. The molecule has 0 radical (unpaired) electrons. The maximum Gasteiger partial charge on any atom is 0.381 e. The minimum atomic E-state index is -0.549. The van der Waals surface area contributed by atoms with Crippen LogP contribution in [0.25, 0.3) is 11.3 Å². The largest absolute Gasteiger partial charge is 0.381 e. The number of aromatic amines is 1. The van der Waals surface area contributed by atoms with Crippen molar-refractivity contribution in [1.82, 2.24) is 24.6 Å². The van der Waals surface area contributed by atoms with Gasteiger partial charge in [0.1, 0.15) is 12.0 Å². The molecule has 0 aliphatic heterocycles. The van der Waals surface area contributed by atoms with E-state index in [1.807, 2.05) is 6.07 Å². The van der Waals surface area contributed by atoms with Gasteiger partial charge in [0.15, 0.2) is 0 Å². The van der Waals surface area contributed by atoms with Crippen LogP contribution in [0.15, 0.2) is 36.5 Å². The standard InChI is InChI=1S/C20H23FN6O3/c1-14-22-19(27(29)30)13-26(14)10-8-20(28)25(2)9-4-7-17-12-18(24-23-17)15-5-3-6-16(21)11-15/h3,5-6,11-13H,4,7-10H2,1-2H3,(H,23,24). The van der Waals surface area contributed by atoms with Crippen LogP contribution >= 0.6 is 0 Å². The van der Waals surface area contributed by atoms with E-state index in [-0.39, 0.29) is 24.0 Å². The monoisotopic (exact) mass is 414 g/mol. The lowest BCUT2D eigenvalue weighted by molar-refractivity contribution is -0.389. The van der Waals surface area contributed by atoms with Crippen LogP contribution in [0.2, 0.25) is 0 Å². The molecule has 0 spiro atoms. The first-order valence-corrected chi connectivity index (χ1v) is 9.56. The van der Waals surface area contributed by atoms with Gasteiger partial charge >= 0.3 is 5.82 Å². The first-order chi connectivity index (χ1) is 14.3. The van der Waals surface area contributed by atoms with Crippen molar-refractivity contribution in [3.8, 4) is 11.3 Å². The zero-order chi connectivity index (χ0) is 21.7. The van der Waals surface area contributed by atoms with Crippen molar-refractivity contribution in [2.75, 3.05) is 13.6 Å². The van der Waals surface area contributed by atoms with Gasteiger partial charge in [0, 0.05) is 44.7 Å². The molecule has 0 saturated carbocycles. The number of nitrogens with zero attached hydrogens (tertiary/aromatic N) is 5. The Labute approximate surface area is 172 Å². The third-order valence-corrected chi connectivity index (χ3v) is 4.83. The van der Waals surface area contributed by atoms with Gasteiger partial charge in [-0.05, 0) is 40.9 Å². The second-order valence-corrected chi connectivity index (χ2v) is 7.05. The Morgan fingerprint density at radius 3 is 2.87 bits per heavy atom. The Bertz CT molecular complexity index is 1040. The zero-order valence-electron chi connectivity index (χ0n) is 16.8. The molecule has 0 fully saturated rings. The van der Waals surface area contributed by atoms with Crippen molar-refractivity contribution in [1.29, 1.82) is 0 Å². The van der Waals surface area contributed by atoms with Gasteiger partial charge in [0.2, 0.25) is 11.7 Å². The molecular formula is C20H23FN6O3. The van der Waals surface area contributed by atoms with Crippen LogP contribution in [0.1, 0.15) is 24.4 Å². The molecule has 9 nitrogen and oxygen atoms in total. The summed E-state index contributed by atoms with van der Waals surface area (Å²) in [5, 5.41) is 17.9. The van der Waals surface area contributed by atoms with E-state index in [1.165, 1.54) is 18.3 Å². The van der Waals surface area contributed by atoms with Gasteiger partial charge in [-0.25, -0.2) is 4.39 Å². The van der Waals surface area contributed by atoms with Crippen LogP contribution in [0.5, 0.6) is 0 Å². The molecule has 0 bridgehead atoms. The third-order valence-electron chi connectivity index (χ3n) is 4.83. The van der Waals surface area contributed by atoms with Gasteiger partial charge in [-0.3, -0.25) is 9.89 Å². The predicted octanol–water partition coefficient (Wildman–Crippen LogP) is 3.11. The minimum absolute atomic E-state index is 0.0455. The highest BCUT2D eigenvalue weighted by Gasteiger charge is 2.16. The average molecular weight is 414 g/mol. The smallest absolute Gasteiger partial charge is 0.358 e. The molecule has 1 aromatic carbocycles. The average Bonchev–Trinajstić information content (AvgIpc) is 3.33. The number of carbonyl (C=O) groups excluding carboxylic acids is 1. The molecule has 1 amide bonds. The van der Waals surface area contributed by atoms with E-state index in [1.54, 1.807) is 35.6 Å². The number of aryl methyl sites for hydroxylation is 3. The number of benzene rings is 1. The highest BCUT2D eigenvalue weighted by Crippen LogP contribution is 2.19. The van der Waals surface area contributed by atoms with E-state index in [4.69, 9.17) is 0 Å². The summed E-state index contributed by atoms with van der Waals surface area (Å²) in [5.41, 5.74) is 2.30. The van der Waals surface area contributed by atoms with E-state index in [2.05, 4.69) is 15.2 Å². The highest BCUT2D eigenvalue weighted by atomic mass is 19.1. The Morgan fingerprint density at radius 1 is 1.37 bits per heavy atom. The second kappa shape index (κ2) is 9.29. The van der Waals surface area contributed by atoms with Gasteiger partial charge in [-0.1, -0.05) is 12.1 Å². The number of nitro groups is 1. The van der Waals surface area contributed by atoms with Crippen molar-refractivity contribution in [3.63, 3.8) is 0 Å². The lowest BCUT2D eigenvalue weighted by Crippen LogP contribution is -2.28. The molecule has 10 heteroatoms. The zero-order valence-corrected chi connectivity index (χ0v) is 16.8. The maximum atomic E-state index is 13.3. The Balaban J connectivity index is 1.45. The summed E-state index contributed by atoms with van der Waals surface area (Å²) in [5.74, 6) is -0.0653. The Hall–Kier alpha value is -3.56. The number of nitrogens with one attached hydrogen (secondary N) is 1. The molecule has 1 N–H and O–H groups in total. The van der Waals surface area contributed by atoms with Gasteiger partial charge in [-0.2, -0.15) is 5.10 Å². The maximum absolute atomic E-state index is 13.3. The van der Waals surface area contributed by atoms with Gasteiger partial charge in [-0.15, -0.1) is 0 Å². The lowest BCUT2D eigenvalue weighted by Gasteiger charge is -2.17. The molecule has 0 atom stereocenters. The van der Waals surface area contributed by atoms with Crippen LogP contribution in [0.4, 0.5) is 10.2 Å². The quantitative estimate of drug-likeness (QED) is 0.427. The summed E-state index contributed by atoms with van der Waals surface area (Å²) >= 11 is 0. The van der Waals surface area contributed by atoms with Crippen LogP contribution < -0.4 is 0 Å². The number of halogens is 1. The number of imidazole rings is 1. The summed E-state index contributed by atoms with van der Waals surface area (Å²) in [6.07, 6.45) is 3.02. The molecule has 3 aromatic rings. The van der Waals surface area contributed by atoms with E-state index >= 15 is 0 Å². The van der Waals surface area contributed by atoms with Crippen LogP contribution in [-0.4, -0.2) is 49.1 Å². The van der Waals surface area contributed by atoms with Crippen molar-refractivity contribution in [2.45, 2.75) is 32.7 Å². The number of carbonyl (C=O) groups is 1. The number of amides is 1. The van der Waals surface area contributed by atoms with Gasteiger partial charge < -0.3 is 19.6 Å². The van der Waals surface area contributed by atoms with E-state index in [0.717, 1.165) is 12.1 Å². The number of aromatic nitrogens is 4. The fraction of sp³-hybridized carbons (Fsp3) is 0.350. The fourth-order valence-electron chi connectivity index (χ4n) is 3.13. The summed E-state index contributed by atoms with van der Waals surface area (Å²) < 4.78 is 15.0. The molecule has 2 heterocycles. The predicted molar refractivity (Wildman–Crippen MR) is 108 cm³/mol. The SMILES string of the molecule is Cc1nc([N+](=O)[O-])cn1CCC(=O)N(C)CCCc1cc(-c2cccc(F)c2)n[nH]1.